The lowest BCUT2D eigenvalue weighted by atomic mass is 9.73. The molecular weight excluding hydrogens is 1380 g/mol. The lowest BCUT2D eigenvalue weighted by molar-refractivity contribution is -0.369. The standard InChI is InChI=1S/C78H120N4O22S/c1-10-13-44(2)16-20-74(5,87)72-46(4)34-56-55(99-72)40-64-78(9,103-56)71(85)70-59(98-64)38-58-69(101-70)45(3)17-21-76(7)63(97-58)41-62-77(8,104-76)22-18-48-49(96-62)35-51-50(93-48)36-52-53(94-51)37-57-54(95-52)39-61-75(6,102-57)23-26-92-67(100-61)42-80-66(84)19-25-88-28-30-90-32-33-91-31-29-89-27-24-79-65(83)15-12-11-14-60-68-47(43-105-60)81-73(86)82-68/h10,16,20,45,47-64,67-72,85,87H,1-2,4,11-15,17-19,21-43H2,3,5-9H3,(H,79,83)(H,80,84)(H2,81,82,86)/b20-16+/t45-,47-,48-,49+,50+,51-,52-,53+,54+,55+,56-,57-,58-,59+,60-,61-,62-,63+,64-,67?,68-,69+,70+,71+,72-,74+,75+,76-,77+,78+/m0/s1. The number of carbonyl (C=O) groups is 3. The first-order chi connectivity index (χ1) is 50.4. The minimum Gasteiger partial charge on any atom is -0.387 e. The van der Waals surface area contributed by atoms with Gasteiger partial charge in [-0.2, -0.15) is 11.8 Å². The number of hydrogen-bond donors (Lipinski definition) is 6. The molecule has 0 radical (unpaired) electrons. The second kappa shape index (κ2) is 33.6. The van der Waals surface area contributed by atoms with Crippen LogP contribution in [0.1, 0.15) is 164 Å². The van der Waals surface area contributed by atoms with Crippen molar-refractivity contribution >= 4 is 29.6 Å². The van der Waals surface area contributed by atoms with Gasteiger partial charge in [-0.15, -0.1) is 6.58 Å². The Bertz CT molecular complexity index is 3060. The summed E-state index contributed by atoms with van der Waals surface area (Å²) in [4.78, 5) is 36.8. The molecule has 27 heteroatoms. The number of hydrogen-bond acceptors (Lipinski definition) is 23. The van der Waals surface area contributed by atoms with Gasteiger partial charge in [-0.1, -0.05) is 50.3 Å². The number of aliphatic hydroxyl groups excluding tert-OH is 1. The largest absolute Gasteiger partial charge is 0.387 e. The predicted molar refractivity (Wildman–Crippen MR) is 384 cm³/mol. The van der Waals surface area contributed by atoms with Gasteiger partial charge in [-0.25, -0.2) is 4.79 Å². The van der Waals surface area contributed by atoms with Gasteiger partial charge in [0, 0.05) is 81.8 Å². The van der Waals surface area contributed by atoms with E-state index in [0.29, 0.717) is 135 Å². The summed E-state index contributed by atoms with van der Waals surface area (Å²) in [6.07, 6.45) is 10.2. The molecule has 14 aliphatic rings. The van der Waals surface area contributed by atoms with Crippen LogP contribution in [0.3, 0.4) is 0 Å². The van der Waals surface area contributed by atoms with Crippen molar-refractivity contribution in [2.45, 2.75) is 337 Å². The van der Waals surface area contributed by atoms with Crippen molar-refractivity contribution in [3.8, 4) is 0 Å². The van der Waals surface area contributed by atoms with E-state index in [1.54, 1.807) is 19.1 Å². The molecule has 0 aromatic heterocycles. The molecule has 14 rings (SSSR count). The normalized spacial score (nSPS) is 45.2. The number of fused-ring (bicyclic) bond motifs is 12. The van der Waals surface area contributed by atoms with Crippen LogP contribution in [-0.4, -0.2) is 280 Å². The van der Waals surface area contributed by atoms with E-state index in [9.17, 15) is 24.6 Å². The predicted octanol–water partition coefficient (Wildman–Crippen LogP) is 6.21. The Balaban J connectivity index is 0.485. The number of allylic oxidation sites excluding steroid dienone is 3. The Morgan fingerprint density at radius 2 is 1.25 bits per heavy atom. The van der Waals surface area contributed by atoms with Crippen molar-refractivity contribution in [2.24, 2.45) is 5.92 Å². The molecule has 0 saturated carbocycles. The van der Waals surface area contributed by atoms with Crippen molar-refractivity contribution in [1.29, 1.82) is 0 Å². The van der Waals surface area contributed by atoms with E-state index in [2.05, 4.69) is 68.7 Å². The van der Waals surface area contributed by atoms with Gasteiger partial charge >= 0.3 is 6.03 Å². The van der Waals surface area contributed by atoms with Crippen LogP contribution >= 0.6 is 11.8 Å². The summed E-state index contributed by atoms with van der Waals surface area (Å²) in [7, 11) is 0. The Hall–Kier alpha value is -3.24. The zero-order valence-electron chi connectivity index (χ0n) is 62.7. The Morgan fingerprint density at radius 3 is 1.98 bits per heavy atom. The van der Waals surface area contributed by atoms with Gasteiger partial charge in [0.05, 0.1) is 199 Å². The number of rotatable bonds is 27. The van der Waals surface area contributed by atoms with E-state index < -0.39 is 70.9 Å². The molecule has 14 saturated heterocycles. The second-order valence-corrected chi connectivity index (χ2v) is 34.7. The number of ether oxygens (including phenoxy) is 17. The van der Waals surface area contributed by atoms with Gasteiger partial charge in [0.25, 0.3) is 0 Å². The first-order valence-corrected chi connectivity index (χ1v) is 40.7. The topological polar surface area (TPSA) is 297 Å². The Morgan fingerprint density at radius 1 is 0.648 bits per heavy atom. The molecule has 0 aromatic rings. The fraction of sp³-hybridized carbons (Fsp3) is 0.859. The molecule has 0 aliphatic carbocycles. The first kappa shape index (κ1) is 78.4. The van der Waals surface area contributed by atoms with Crippen molar-refractivity contribution in [3.63, 3.8) is 0 Å². The maximum atomic E-state index is 13.0. The Kier molecular flexibility index (Phi) is 25.1. The minimum absolute atomic E-state index is 0.0215. The van der Waals surface area contributed by atoms with Crippen LogP contribution in [0, 0.1) is 5.92 Å². The molecular formula is C78H120N4O22S. The van der Waals surface area contributed by atoms with Crippen LogP contribution in [0.15, 0.2) is 49.1 Å². The van der Waals surface area contributed by atoms with Crippen LogP contribution in [-0.2, 0) is 90.1 Å². The monoisotopic (exact) mass is 1500 g/mol. The van der Waals surface area contributed by atoms with Crippen LogP contribution in [0.4, 0.5) is 4.79 Å². The molecule has 26 nitrogen and oxygen atoms in total. The van der Waals surface area contributed by atoms with Crippen molar-refractivity contribution < 1.29 is 105 Å². The SMILES string of the molecule is C=CCC(=C)/C=C/[C@@](C)(O)[C@H]1O[C@@H]2C[C@@H]3O[C@@H]4C[C@@H]5O[C@@H]6C[C@@H]7O[C@@H]8C[C@@H]9O[C@@H]%10C[C@@H]%11O[C@]%12(C)CCOC(CNC(=O)CCOCCOCCOCCOCCNC(=O)CCCC[C@@H]%13SC[C@@H]%14NC(=O)N[C@@H]%14%13)O[C@H]%12C[C@H]%11O[C@H]%10C[C@H]9O[C@H]8CC[C@@]7(C)O[C@@]6(C)CC[C@H](C)[C@H]5O[C@H]4[C@@H](O)[C@]3(C)O[C@H]2CC1=C. The van der Waals surface area contributed by atoms with Crippen molar-refractivity contribution in [2.75, 3.05) is 78.3 Å². The number of thioether (sulfide) groups is 1. The van der Waals surface area contributed by atoms with E-state index in [1.165, 1.54) is 0 Å². The van der Waals surface area contributed by atoms with Crippen LogP contribution in [0.2, 0.25) is 0 Å². The summed E-state index contributed by atoms with van der Waals surface area (Å²) in [5.74, 6) is 0.897. The third kappa shape index (κ3) is 17.7. The van der Waals surface area contributed by atoms with Gasteiger partial charge in [0.15, 0.2) is 6.29 Å². The third-order valence-electron chi connectivity index (χ3n) is 25.5. The molecule has 0 aromatic carbocycles. The van der Waals surface area contributed by atoms with Gasteiger partial charge in [-0.05, 0) is 97.5 Å². The highest BCUT2D eigenvalue weighted by Gasteiger charge is 2.65. The summed E-state index contributed by atoms with van der Waals surface area (Å²) in [6.45, 7) is 28.7. The molecule has 4 amide bonds. The molecule has 14 heterocycles. The van der Waals surface area contributed by atoms with Crippen LogP contribution < -0.4 is 21.3 Å². The average Bonchev–Trinajstić information content (AvgIpc) is 1.23. The number of unbranched alkanes of at least 4 members (excludes halogenated alkanes) is 1. The van der Waals surface area contributed by atoms with E-state index in [0.717, 1.165) is 61.8 Å². The zero-order chi connectivity index (χ0) is 73.4. The Labute approximate surface area is 623 Å². The summed E-state index contributed by atoms with van der Waals surface area (Å²) in [5.41, 5.74) is -2.69. The molecule has 590 valence electrons. The number of amides is 4. The second-order valence-electron chi connectivity index (χ2n) is 33.4. The third-order valence-corrected chi connectivity index (χ3v) is 27.0. The first-order valence-electron chi connectivity index (χ1n) is 39.6. The van der Waals surface area contributed by atoms with Gasteiger partial charge in [-0.3, -0.25) is 9.59 Å². The lowest BCUT2D eigenvalue weighted by Gasteiger charge is -2.61. The fourth-order valence-corrected chi connectivity index (χ4v) is 21.0. The lowest BCUT2D eigenvalue weighted by Crippen LogP contribution is -2.74. The number of aliphatic hydroxyl groups is 2. The number of carbonyl (C=O) groups excluding carboxylic acids is 3. The zero-order valence-corrected chi connectivity index (χ0v) is 63.5. The smallest absolute Gasteiger partial charge is 0.315 e. The minimum atomic E-state index is -1.35. The number of nitrogens with one attached hydrogen (secondary N) is 4. The molecule has 1 unspecified atom stereocenters. The molecule has 30 atom stereocenters. The summed E-state index contributed by atoms with van der Waals surface area (Å²) < 4.78 is 113. The van der Waals surface area contributed by atoms with Crippen LogP contribution in [0.25, 0.3) is 0 Å². The molecule has 6 N–H and O–H groups in total. The van der Waals surface area contributed by atoms with Gasteiger partial charge < -0.3 is 112 Å². The quantitative estimate of drug-likeness (QED) is 0.0231. The summed E-state index contributed by atoms with van der Waals surface area (Å²) >= 11 is 1.89. The highest BCUT2D eigenvalue weighted by atomic mass is 32.2. The molecule has 0 spiro atoms. The van der Waals surface area contributed by atoms with Crippen molar-refractivity contribution in [3.05, 3.63) is 49.1 Å². The fourth-order valence-electron chi connectivity index (χ4n) is 19.4. The van der Waals surface area contributed by atoms with E-state index in [1.807, 2.05) is 24.8 Å². The van der Waals surface area contributed by atoms with E-state index >= 15 is 0 Å². The average molecular weight is 1500 g/mol. The molecule has 14 fully saturated rings. The molecule has 14 aliphatic heterocycles. The van der Waals surface area contributed by atoms with E-state index in [4.69, 9.17) is 80.5 Å². The van der Waals surface area contributed by atoms with Crippen molar-refractivity contribution in [1.82, 2.24) is 21.3 Å². The van der Waals surface area contributed by atoms with E-state index in [-0.39, 0.29) is 141 Å². The molecule has 0 bridgehead atoms. The highest BCUT2D eigenvalue weighted by Crippen LogP contribution is 2.54. The summed E-state index contributed by atoms with van der Waals surface area (Å²) in [6, 6.07) is 0.347. The molecule has 105 heavy (non-hydrogen) atoms. The maximum absolute atomic E-state index is 13.0. The summed E-state index contributed by atoms with van der Waals surface area (Å²) in [5, 5.41) is 36.4. The highest BCUT2D eigenvalue weighted by molar-refractivity contribution is 8.00. The van der Waals surface area contributed by atoms with Gasteiger partial charge in [0.1, 0.15) is 29.5 Å². The number of urea groups is 1. The van der Waals surface area contributed by atoms with Gasteiger partial charge in [0.2, 0.25) is 11.8 Å². The van der Waals surface area contributed by atoms with Crippen LogP contribution in [0.5, 0.6) is 0 Å². The maximum Gasteiger partial charge on any atom is 0.315 e.